The highest BCUT2D eigenvalue weighted by Crippen LogP contribution is 2.17. The summed E-state index contributed by atoms with van der Waals surface area (Å²) >= 11 is 0. The molecule has 2 N–H and O–H groups in total. The van der Waals surface area contributed by atoms with Gasteiger partial charge in [0, 0.05) is 18.8 Å². The van der Waals surface area contributed by atoms with Gasteiger partial charge in [-0.05, 0) is 52.1 Å². The summed E-state index contributed by atoms with van der Waals surface area (Å²) in [5, 5.41) is 3.45. The highest BCUT2D eigenvalue weighted by Gasteiger charge is 2.26. The number of aryl methyl sites for hydroxylation is 2. The van der Waals surface area contributed by atoms with Gasteiger partial charge in [-0.1, -0.05) is 6.92 Å². The summed E-state index contributed by atoms with van der Waals surface area (Å²) in [5.74, 6) is 1.08. The fourth-order valence-corrected chi connectivity index (χ4v) is 4.10. The van der Waals surface area contributed by atoms with Crippen molar-refractivity contribution in [2.24, 2.45) is 5.92 Å². The van der Waals surface area contributed by atoms with Crippen molar-refractivity contribution in [1.82, 2.24) is 19.6 Å². The minimum Gasteiger partial charge on any atom is -0.334 e. The smallest absolute Gasteiger partial charge is 0.259 e. The Morgan fingerprint density at radius 1 is 1.57 bits per heavy atom. The Kier molecular flexibility index (Phi) is 5.40. The molecule has 0 saturated carbocycles. The summed E-state index contributed by atoms with van der Waals surface area (Å²) in [6.07, 6.45) is 4.74. The number of piperidine rings is 1. The lowest BCUT2D eigenvalue weighted by molar-refractivity contribution is 0.320. The monoisotopic (exact) mass is 314 g/mol. The van der Waals surface area contributed by atoms with Gasteiger partial charge < -0.3 is 9.88 Å². The normalized spacial score (nSPS) is 21.4. The number of hydrogen-bond acceptors (Lipinski definition) is 4. The van der Waals surface area contributed by atoms with Crippen LogP contribution in [0.25, 0.3) is 0 Å². The summed E-state index contributed by atoms with van der Waals surface area (Å²) in [6, 6.07) is -0.0839. The van der Waals surface area contributed by atoms with Crippen LogP contribution in [0.4, 0.5) is 0 Å². The Morgan fingerprint density at radius 2 is 2.33 bits per heavy atom. The Hall–Kier alpha value is -0.920. The lowest BCUT2D eigenvalue weighted by Gasteiger charge is -2.28. The molecule has 1 saturated heterocycles. The van der Waals surface area contributed by atoms with Gasteiger partial charge >= 0.3 is 0 Å². The van der Waals surface area contributed by atoms with Crippen LogP contribution in [0.1, 0.15) is 38.9 Å². The molecule has 21 heavy (non-hydrogen) atoms. The van der Waals surface area contributed by atoms with Crippen molar-refractivity contribution in [3.63, 3.8) is 0 Å². The lowest BCUT2D eigenvalue weighted by atomic mass is 9.94. The van der Waals surface area contributed by atoms with E-state index in [1.54, 1.807) is 6.20 Å². The largest absolute Gasteiger partial charge is 0.334 e. The van der Waals surface area contributed by atoms with Gasteiger partial charge in [-0.3, -0.25) is 0 Å². The summed E-state index contributed by atoms with van der Waals surface area (Å²) in [5.41, 5.74) is 0. The van der Waals surface area contributed by atoms with Gasteiger partial charge in [0.2, 0.25) is 0 Å². The highest BCUT2D eigenvalue weighted by molar-refractivity contribution is 7.89. The van der Waals surface area contributed by atoms with E-state index in [2.05, 4.69) is 21.9 Å². The second-order valence-electron chi connectivity index (χ2n) is 5.84. The van der Waals surface area contributed by atoms with Crippen LogP contribution in [0, 0.1) is 12.8 Å². The van der Waals surface area contributed by atoms with E-state index in [-0.39, 0.29) is 11.1 Å². The highest BCUT2D eigenvalue weighted by atomic mass is 32.2. The Bertz CT molecular complexity index is 562. The third-order valence-electron chi connectivity index (χ3n) is 4.08. The topological polar surface area (TPSA) is 76.0 Å². The molecule has 0 radical (unpaired) electrons. The van der Waals surface area contributed by atoms with Crippen LogP contribution < -0.4 is 10.0 Å². The number of hydrogen-bond donors (Lipinski definition) is 2. The van der Waals surface area contributed by atoms with Crippen molar-refractivity contribution >= 4 is 10.0 Å². The van der Waals surface area contributed by atoms with E-state index in [4.69, 9.17) is 0 Å². The van der Waals surface area contributed by atoms with Gasteiger partial charge in [-0.25, -0.2) is 18.1 Å². The molecule has 1 fully saturated rings. The first kappa shape index (κ1) is 16.5. The van der Waals surface area contributed by atoms with Gasteiger partial charge in [-0.15, -0.1) is 0 Å². The molecule has 2 heterocycles. The second kappa shape index (κ2) is 6.89. The van der Waals surface area contributed by atoms with Crippen LogP contribution in [0.3, 0.4) is 0 Å². The molecule has 0 spiro atoms. The SMILES string of the molecule is CCCn1cc(S(=O)(=O)NC(C)C2CCCNC2)nc1C. The number of aromatic nitrogens is 2. The molecule has 1 aliphatic heterocycles. The molecule has 0 bridgehead atoms. The summed E-state index contributed by atoms with van der Waals surface area (Å²) in [7, 11) is -3.54. The minimum atomic E-state index is -3.54. The lowest BCUT2D eigenvalue weighted by Crippen LogP contribution is -2.44. The molecule has 0 amide bonds. The van der Waals surface area contributed by atoms with Crippen LogP contribution >= 0.6 is 0 Å². The van der Waals surface area contributed by atoms with Crippen molar-refractivity contribution in [2.45, 2.75) is 57.6 Å². The van der Waals surface area contributed by atoms with E-state index in [9.17, 15) is 8.42 Å². The maximum Gasteiger partial charge on any atom is 0.259 e. The Labute approximate surface area is 127 Å². The predicted octanol–water partition coefficient (Wildman–Crippen LogP) is 1.27. The van der Waals surface area contributed by atoms with Crippen molar-refractivity contribution in [3.8, 4) is 0 Å². The van der Waals surface area contributed by atoms with E-state index < -0.39 is 10.0 Å². The molecule has 0 aromatic carbocycles. The number of rotatable bonds is 6. The standard InChI is InChI=1S/C14H26N4O2S/c1-4-8-18-10-14(16-12(18)3)21(19,20)17-11(2)13-6-5-7-15-9-13/h10-11,13,15,17H,4-9H2,1-3H3. The molecule has 2 rings (SSSR count). The zero-order chi connectivity index (χ0) is 15.5. The molecule has 6 nitrogen and oxygen atoms in total. The van der Waals surface area contributed by atoms with E-state index in [1.807, 2.05) is 18.4 Å². The number of nitrogens with one attached hydrogen (secondary N) is 2. The third-order valence-corrected chi connectivity index (χ3v) is 5.51. The molecular formula is C14H26N4O2S. The molecule has 120 valence electrons. The number of imidazole rings is 1. The molecule has 0 aliphatic carbocycles. The fourth-order valence-electron chi connectivity index (χ4n) is 2.78. The van der Waals surface area contributed by atoms with E-state index >= 15 is 0 Å². The first-order chi connectivity index (χ1) is 9.94. The molecule has 1 aromatic rings. The van der Waals surface area contributed by atoms with E-state index in [0.717, 1.165) is 44.7 Å². The van der Waals surface area contributed by atoms with Gasteiger partial charge in [-0.2, -0.15) is 0 Å². The first-order valence-corrected chi connectivity index (χ1v) is 9.19. The van der Waals surface area contributed by atoms with E-state index in [1.165, 1.54) is 0 Å². The van der Waals surface area contributed by atoms with Crippen molar-refractivity contribution in [3.05, 3.63) is 12.0 Å². The van der Waals surface area contributed by atoms with Crippen molar-refractivity contribution in [1.29, 1.82) is 0 Å². The molecule has 7 heteroatoms. The summed E-state index contributed by atoms with van der Waals surface area (Å²) in [4.78, 5) is 4.20. The van der Waals surface area contributed by atoms with Crippen LogP contribution in [-0.2, 0) is 16.6 Å². The third kappa shape index (κ3) is 4.05. The van der Waals surface area contributed by atoms with Crippen LogP contribution in [-0.4, -0.2) is 37.1 Å². The molecule has 1 aromatic heterocycles. The summed E-state index contributed by atoms with van der Waals surface area (Å²) in [6.45, 7) is 8.51. The molecule has 1 aliphatic rings. The van der Waals surface area contributed by atoms with Gasteiger partial charge in [0.15, 0.2) is 5.03 Å². The van der Waals surface area contributed by atoms with Crippen LogP contribution in [0.15, 0.2) is 11.2 Å². The van der Waals surface area contributed by atoms with Crippen LogP contribution in [0.5, 0.6) is 0 Å². The predicted molar refractivity (Wildman–Crippen MR) is 82.6 cm³/mol. The van der Waals surface area contributed by atoms with Gasteiger partial charge in [0.25, 0.3) is 10.0 Å². The minimum absolute atomic E-state index is 0.0839. The zero-order valence-electron chi connectivity index (χ0n) is 13.1. The van der Waals surface area contributed by atoms with Crippen LogP contribution in [0.2, 0.25) is 0 Å². The van der Waals surface area contributed by atoms with Gasteiger partial charge in [0.05, 0.1) is 0 Å². The average molecular weight is 314 g/mol. The number of nitrogens with zero attached hydrogens (tertiary/aromatic N) is 2. The Morgan fingerprint density at radius 3 is 2.95 bits per heavy atom. The number of sulfonamides is 1. The fraction of sp³-hybridized carbons (Fsp3) is 0.786. The van der Waals surface area contributed by atoms with Crippen molar-refractivity contribution in [2.75, 3.05) is 13.1 Å². The quantitative estimate of drug-likeness (QED) is 0.829. The maximum absolute atomic E-state index is 12.4. The zero-order valence-corrected chi connectivity index (χ0v) is 13.9. The van der Waals surface area contributed by atoms with Crippen molar-refractivity contribution < 1.29 is 8.42 Å². The second-order valence-corrected chi connectivity index (χ2v) is 7.50. The molecular weight excluding hydrogens is 288 g/mol. The Balaban J connectivity index is 2.08. The average Bonchev–Trinajstić information content (AvgIpc) is 2.82. The molecule has 2 atom stereocenters. The van der Waals surface area contributed by atoms with Gasteiger partial charge in [0.1, 0.15) is 5.82 Å². The summed E-state index contributed by atoms with van der Waals surface area (Å²) < 4.78 is 29.6. The maximum atomic E-state index is 12.4. The van der Waals surface area contributed by atoms with E-state index in [0.29, 0.717) is 5.92 Å². The molecule has 2 unspecified atom stereocenters. The first-order valence-electron chi connectivity index (χ1n) is 7.71.